The van der Waals surface area contributed by atoms with Crippen LogP contribution in [0.2, 0.25) is 0 Å². The van der Waals surface area contributed by atoms with Gasteiger partial charge in [-0.3, -0.25) is 9.59 Å². The minimum Gasteiger partial charge on any atom is -0.345 e. The van der Waals surface area contributed by atoms with Gasteiger partial charge in [0.05, 0.1) is 12.5 Å². The van der Waals surface area contributed by atoms with Crippen molar-refractivity contribution < 1.29 is 9.59 Å². The normalized spacial score (nSPS) is 16.4. The van der Waals surface area contributed by atoms with E-state index in [1.54, 1.807) is 12.1 Å². The molecule has 29 heavy (non-hydrogen) atoms. The molecule has 0 bridgehead atoms. The molecule has 0 spiro atoms. The van der Waals surface area contributed by atoms with Crippen molar-refractivity contribution in [2.24, 2.45) is 11.7 Å². The van der Waals surface area contributed by atoms with Crippen LogP contribution in [0.1, 0.15) is 48.1 Å². The maximum absolute atomic E-state index is 12.9. The molecular weight excluding hydrogens is 386 g/mol. The number of nitrogens with zero attached hydrogens (tertiary/aromatic N) is 1. The summed E-state index contributed by atoms with van der Waals surface area (Å²) in [5, 5.41) is 3.04. The number of carbonyl (C=O) groups excluding carboxylic acids is 2. The Morgan fingerprint density at radius 2 is 1.59 bits per heavy atom. The van der Waals surface area contributed by atoms with E-state index in [-0.39, 0.29) is 42.7 Å². The van der Waals surface area contributed by atoms with Gasteiger partial charge in [-0.1, -0.05) is 48.5 Å². The molecule has 3 rings (SSSR count). The van der Waals surface area contributed by atoms with Crippen LogP contribution in [-0.2, 0) is 4.79 Å². The summed E-state index contributed by atoms with van der Waals surface area (Å²) in [6.45, 7) is 3.51. The molecular formula is C23H30ClN3O2. The molecule has 2 amide bonds. The van der Waals surface area contributed by atoms with Gasteiger partial charge in [-0.2, -0.15) is 0 Å². The molecule has 1 aliphatic rings. The third-order valence-electron chi connectivity index (χ3n) is 5.56. The van der Waals surface area contributed by atoms with Gasteiger partial charge in [-0.05, 0) is 43.4 Å². The predicted molar refractivity (Wildman–Crippen MR) is 118 cm³/mol. The minimum atomic E-state index is -0.354. The molecule has 1 fully saturated rings. The first-order valence-corrected chi connectivity index (χ1v) is 9.99. The van der Waals surface area contributed by atoms with Gasteiger partial charge in [0.15, 0.2) is 0 Å². The lowest BCUT2D eigenvalue weighted by molar-refractivity contribution is -0.133. The van der Waals surface area contributed by atoms with Crippen molar-refractivity contribution in [2.45, 2.75) is 38.3 Å². The van der Waals surface area contributed by atoms with E-state index in [0.717, 1.165) is 31.5 Å². The van der Waals surface area contributed by atoms with E-state index in [2.05, 4.69) is 5.32 Å². The van der Waals surface area contributed by atoms with E-state index in [1.165, 1.54) is 0 Å². The molecule has 3 N–H and O–H groups in total. The smallest absolute Gasteiger partial charge is 0.251 e. The van der Waals surface area contributed by atoms with Crippen molar-refractivity contribution in [3.63, 3.8) is 0 Å². The summed E-state index contributed by atoms with van der Waals surface area (Å²) in [5.41, 5.74) is 7.53. The van der Waals surface area contributed by atoms with E-state index in [4.69, 9.17) is 5.73 Å². The second kappa shape index (κ2) is 11.0. The summed E-state index contributed by atoms with van der Waals surface area (Å²) in [5.74, 6) is 0.384. The van der Waals surface area contributed by atoms with Gasteiger partial charge in [-0.15, -0.1) is 12.4 Å². The van der Waals surface area contributed by atoms with Gasteiger partial charge in [0, 0.05) is 24.7 Å². The van der Waals surface area contributed by atoms with Gasteiger partial charge in [0.2, 0.25) is 5.91 Å². The zero-order valence-electron chi connectivity index (χ0n) is 16.8. The molecule has 0 saturated carbocycles. The molecule has 0 aromatic heterocycles. The number of rotatable bonds is 6. The van der Waals surface area contributed by atoms with E-state index < -0.39 is 0 Å². The van der Waals surface area contributed by atoms with Crippen LogP contribution < -0.4 is 11.1 Å². The van der Waals surface area contributed by atoms with E-state index in [9.17, 15) is 9.59 Å². The topological polar surface area (TPSA) is 75.4 Å². The average molecular weight is 416 g/mol. The monoisotopic (exact) mass is 415 g/mol. The Balaban J connectivity index is 0.00000300. The van der Waals surface area contributed by atoms with Crippen molar-refractivity contribution in [1.82, 2.24) is 10.2 Å². The number of benzene rings is 2. The number of likely N-dealkylation sites (tertiary alicyclic amines) is 1. The fourth-order valence-electron chi connectivity index (χ4n) is 3.75. The predicted octanol–water partition coefficient (Wildman–Crippen LogP) is 3.56. The van der Waals surface area contributed by atoms with Crippen molar-refractivity contribution in [3.8, 4) is 0 Å². The highest BCUT2D eigenvalue weighted by molar-refractivity contribution is 5.94. The van der Waals surface area contributed by atoms with Gasteiger partial charge < -0.3 is 16.0 Å². The zero-order valence-corrected chi connectivity index (χ0v) is 17.6. The average Bonchev–Trinajstić information content (AvgIpc) is 2.74. The summed E-state index contributed by atoms with van der Waals surface area (Å²) in [4.78, 5) is 27.5. The van der Waals surface area contributed by atoms with Crippen LogP contribution in [0.25, 0.3) is 0 Å². The maximum atomic E-state index is 12.9. The number of carbonyl (C=O) groups is 2. The molecule has 1 heterocycles. The summed E-state index contributed by atoms with van der Waals surface area (Å²) in [6.07, 6.45) is 2.14. The van der Waals surface area contributed by atoms with Crippen LogP contribution in [-0.4, -0.2) is 35.8 Å². The number of nitrogens with one attached hydrogen (secondary N) is 1. The number of amides is 2. The lowest BCUT2D eigenvalue weighted by Gasteiger charge is -2.34. The van der Waals surface area contributed by atoms with Crippen LogP contribution in [0.15, 0.2) is 60.7 Å². The van der Waals surface area contributed by atoms with Gasteiger partial charge in [0.1, 0.15) is 0 Å². The highest BCUT2D eigenvalue weighted by Gasteiger charge is 2.27. The lowest BCUT2D eigenvalue weighted by atomic mass is 9.90. The number of nitrogens with two attached hydrogens (primary N) is 1. The Kier molecular flexibility index (Phi) is 8.68. The Bertz CT molecular complexity index is 775. The zero-order chi connectivity index (χ0) is 19.9. The molecule has 156 valence electrons. The Hall–Kier alpha value is -2.37. The summed E-state index contributed by atoms with van der Waals surface area (Å²) in [7, 11) is 0. The highest BCUT2D eigenvalue weighted by atomic mass is 35.5. The lowest BCUT2D eigenvalue weighted by Crippen LogP contribution is -2.43. The molecule has 2 aromatic rings. The number of halogens is 1. The van der Waals surface area contributed by atoms with Crippen LogP contribution in [0.5, 0.6) is 0 Å². The van der Waals surface area contributed by atoms with Crippen molar-refractivity contribution in [1.29, 1.82) is 0 Å². The summed E-state index contributed by atoms with van der Waals surface area (Å²) in [6, 6.07) is 18.6. The molecule has 0 radical (unpaired) electrons. The van der Waals surface area contributed by atoms with Crippen LogP contribution in [0.4, 0.5) is 0 Å². The number of hydrogen-bond acceptors (Lipinski definition) is 3. The van der Waals surface area contributed by atoms with E-state index in [0.29, 0.717) is 11.5 Å². The fraction of sp³-hybridized carbons (Fsp3) is 0.391. The summed E-state index contributed by atoms with van der Waals surface area (Å²) < 4.78 is 0. The standard InChI is InChI=1S/C23H29N3O2.ClH/c1-17(24)18-12-14-26(15-13-18)22(27)16-21(19-8-4-2-5-9-19)25-23(28)20-10-6-3-7-11-20;/h2-11,17-18,21H,12-16,24H2,1H3,(H,25,28);1H. The van der Waals surface area contributed by atoms with Gasteiger partial charge in [-0.25, -0.2) is 0 Å². The molecule has 5 nitrogen and oxygen atoms in total. The van der Waals surface area contributed by atoms with Crippen molar-refractivity contribution >= 4 is 24.2 Å². The van der Waals surface area contributed by atoms with Crippen LogP contribution >= 0.6 is 12.4 Å². The van der Waals surface area contributed by atoms with Crippen molar-refractivity contribution in [2.75, 3.05) is 13.1 Å². The largest absolute Gasteiger partial charge is 0.345 e. The first-order valence-electron chi connectivity index (χ1n) is 9.99. The van der Waals surface area contributed by atoms with Crippen molar-refractivity contribution in [3.05, 3.63) is 71.8 Å². The van der Waals surface area contributed by atoms with E-state index in [1.807, 2.05) is 60.4 Å². The quantitative estimate of drug-likeness (QED) is 0.757. The molecule has 0 aliphatic carbocycles. The third-order valence-corrected chi connectivity index (χ3v) is 5.56. The fourth-order valence-corrected chi connectivity index (χ4v) is 3.75. The second-order valence-electron chi connectivity index (χ2n) is 7.58. The molecule has 1 aliphatic heterocycles. The van der Waals surface area contributed by atoms with Crippen LogP contribution in [0, 0.1) is 5.92 Å². The Morgan fingerprint density at radius 3 is 2.14 bits per heavy atom. The molecule has 2 aromatic carbocycles. The first kappa shape index (κ1) is 22.9. The van der Waals surface area contributed by atoms with Crippen LogP contribution in [0.3, 0.4) is 0 Å². The Labute approximate surface area is 179 Å². The molecule has 2 atom stereocenters. The van der Waals surface area contributed by atoms with Gasteiger partial charge in [0.25, 0.3) is 5.91 Å². The number of piperidine rings is 1. The molecule has 2 unspecified atom stereocenters. The second-order valence-corrected chi connectivity index (χ2v) is 7.58. The molecule has 6 heteroatoms. The SMILES string of the molecule is CC(N)C1CCN(C(=O)CC(NC(=O)c2ccccc2)c2ccccc2)CC1.Cl. The molecule has 1 saturated heterocycles. The first-order chi connectivity index (χ1) is 13.5. The maximum Gasteiger partial charge on any atom is 0.251 e. The third kappa shape index (κ3) is 6.31. The highest BCUT2D eigenvalue weighted by Crippen LogP contribution is 2.23. The minimum absolute atomic E-state index is 0. The Morgan fingerprint density at radius 1 is 1.03 bits per heavy atom. The van der Waals surface area contributed by atoms with E-state index >= 15 is 0 Å². The van der Waals surface area contributed by atoms with Gasteiger partial charge >= 0.3 is 0 Å². The summed E-state index contributed by atoms with van der Waals surface area (Å²) >= 11 is 0. The number of hydrogen-bond donors (Lipinski definition) is 2.